The average molecular weight is 332 g/mol. The molecule has 0 amide bonds. The number of benzene rings is 1. The molecule has 23 heavy (non-hydrogen) atoms. The standard InChI is InChI=1S/C18H24N2O2S/c1-6-22-18(21)16-15(13-8-7-11(2)9-12(13)3)14(10-20(4)5)23-17(16)19/h7-9H,6,10,19H2,1-5H3. The summed E-state index contributed by atoms with van der Waals surface area (Å²) in [5.41, 5.74) is 11.0. The van der Waals surface area contributed by atoms with Crippen LogP contribution >= 0.6 is 11.3 Å². The fourth-order valence-corrected chi connectivity index (χ4v) is 3.87. The van der Waals surface area contributed by atoms with E-state index < -0.39 is 0 Å². The Morgan fingerprint density at radius 1 is 1.30 bits per heavy atom. The number of nitrogen functional groups attached to an aromatic ring is 1. The molecule has 4 nitrogen and oxygen atoms in total. The molecule has 2 aromatic rings. The summed E-state index contributed by atoms with van der Waals surface area (Å²) >= 11 is 1.47. The van der Waals surface area contributed by atoms with Crippen molar-refractivity contribution in [2.75, 3.05) is 26.4 Å². The van der Waals surface area contributed by atoms with E-state index in [-0.39, 0.29) is 5.97 Å². The number of rotatable bonds is 5. The molecular weight excluding hydrogens is 308 g/mol. The van der Waals surface area contributed by atoms with Gasteiger partial charge in [-0.2, -0.15) is 0 Å². The number of ether oxygens (including phenoxy) is 1. The predicted octanol–water partition coefficient (Wildman–Crippen LogP) is 3.85. The SMILES string of the molecule is CCOC(=O)c1c(N)sc(CN(C)C)c1-c1ccc(C)cc1C. The third-order valence-corrected chi connectivity index (χ3v) is 4.60. The second-order valence-electron chi connectivity index (χ2n) is 5.92. The summed E-state index contributed by atoms with van der Waals surface area (Å²) in [6.45, 7) is 6.99. The molecule has 0 bridgehead atoms. The molecule has 2 rings (SSSR count). The van der Waals surface area contributed by atoms with Crippen LogP contribution < -0.4 is 5.73 Å². The van der Waals surface area contributed by atoms with Gasteiger partial charge in [0.15, 0.2) is 0 Å². The van der Waals surface area contributed by atoms with Gasteiger partial charge in [0.2, 0.25) is 0 Å². The number of carbonyl (C=O) groups excluding carboxylic acids is 1. The minimum absolute atomic E-state index is 0.337. The number of esters is 1. The topological polar surface area (TPSA) is 55.6 Å². The smallest absolute Gasteiger partial charge is 0.341 e. The van der Waals surface area contributed by atoms with Crippen molar-refractivity contribution in [2.45, 2.75) is 27.3 Å². The molecule has 0 radical (unpaired) electrons. The fraction of sp³-hybridized carbons (Fsp3) is 0.389. The van der Waals surface area contributed by atoms with Gasteiger partial charge in [-0.1, -0.05) is 23.8 Å². The Labute approximate surface area is 141 Å². The van der Waals surface area contributed by atoms with Crippen LogP contribution in [0.2, 0.25) is 0 Å². The summed E-state index contributed by atoms with van der Waals surface area (Å²) in [4.78, 5) is 15.6. The summed E-state index contributed by atoms with van der Waals surface area (Å²) in [6, 6.07) is 6.25. The van der Waals surface area contributed by atoms with E-state index in [1.807, 2.05) is 14.1 Å². The van der Waals surface area contributed by atoms with Gasteiger partial charge in [0.05, 0.1) is 6.61 Å². The summed E-state index contributed by atoms with van der Waals surface area (Å²) in [7, 11) is 4.01. The zero-order valence-electron chi connectivity index (χ0n) is 14.4. The Morgan fingerprint density at radius 2 is 2.00 bits per heavy atom. The molecule has 1 heterocycles. The quantitative estimate of drug-likeness (QED) is 0.845. The summed E-state index contributed by atoms with van der Waals surface area (Å²) in [5.74, 6) is -0.346. The number of nitrogens with two attached hydrogens (primary N) is 1. The fourth-order valence-electron chi connectivity index (χ4n) is 2.68. The highest BCUT2D eigenvalue weighted by molar-refractivity contribution is 7.17. The van der Waals surface area contributed by atoms with Crippen LogP contribution in [-0.2, 0) is 11.3 Å². The molecule has 0 aliphatic carbocycles. The molecule has 5 heteroatoms. The molecule has 0 saturated carbocycles. The van der Waals surface area contributed by atoms with Crippen molar-refractivity contribution in [2.24, 2.45) is 0 Å². The van der Waals surface area contributed by atoms with Crippen molar-refractivity contribution < 1.29 is 9.53 Å². The number of carbonyl (C=O) groups is 1. The summed E-state index contributed by atoms with van der Waals surface area (Å²) < 4.78 is 5.23. The van der Waals surface area contributed by atoms with Gasteiger partial charge in [0.25, 0.3) is 0 Å². The molecule has 0 fully saturated rings. The van der Waals surface area contributed by atoms with Crippen LogP contribution in [-0.4, -0.2) is 31.6 Å². The van der Waals surface area contributed by atoms with E-state index in [4.69, 9.17) is 10.5 Å². The predicted molar refractivity (Wildman–Crippen MR) is 97.0 cm³/mol. The van der Waals surface area contributed by atoms with Gasteiger partial charge in [-0.3, -0.25) is 0 Å². The maximum absolute atomic E-state index is 12.4. The van der Waals surface area contributed by atoms with Crippen LogP contribution in [0.15, 0.2) is 18.2 Å². The zero-order valence-corrected chi connectivity index (χ0v) is 15.2. The van der Waals surface area contributed by atoms with E-state index >= 15 is 0 Å². The maximum atomic E-state index is 12.4. The molecular formula is C18H24N2O2S. The van der Waals surface area contributed by atoms with Crippen LogP contribution in [0.1, 0.15) is 33.3 Å². The van der Waals surface area contributed by atoms with Gasteiger partial charge < -0.3 is 15.4 Å². The molecule has 0 atom stereocenters. The second-order valence-corrected chi connectivity index (χ2v) is 7.05. The molecule has 0 aliphatic heterocycles. The highest BCUT2D eigenvalue weighted by atomic mass is 32.1. The van der Waals surface area contributed by atoms with E-state index in [1.165, 1.54) is 16.9 Å². The zero-order chi connectivity index (χ0) is 17.1. The van der Waals surface area contributed by atoms with Gasteiger partial charge >= 0.3 is 5.97 Å². The Hall–Kier alpha value is -1.85. The Kier molecular flexibility index (Phi) is 5.44. The minimum atomic E-state index is -0.346. The van der Waals surface area contributed by atoms with Crippen LogP contribution in [0.3, 0.4) is 0 Å². The number of thiophene rings is 1. The summed E-state index contributed by atoms with van der Waals surface area (Å²) in [6.07, 6.45) is 0. The number of aryl methyl sites for hydroxylation is 2. The van der Waals surface area contributed by atoms with Crippen molar-refractivity contribution in [1.82, 2.24) is 4.90 Å². The van der Waals surface area contributed by atoms with Crippen LogP contribution in [0.4, 0.5) is 5.00 Å². The van der Waals surface area contributed by atoms with Crippen LogP contribution in [0, 0.1) is 13.8 Å². The lowest BCUT2D eigenvalue weighted by atomic mass is 9.95. The maximum Gasteiger partial charge on any atom is 0.341 e. The first-order chi connectivity index (χ1) is 10.8. The van der Waals surface area contributed by atoms with Crippen LogP contribution in [0.25, 0.3) is 11.1 Å². The average Bonchev–Trinajstić information content (AvgIpc) is 2.74. The molecule has 1 aromatic heterocycles. The highest BCUT2D eigenvalue weighted by Crippen LogP contribution is 2.41. The van der Waals surface area contributed by atoms with Gasteiger partial charge in [-0.05, 0) is 46.0 Å². The Balaban J connectivity index is 2.68. The number of anilines is 1. The lowest BCUT2D eigenvalue weighted by Gasteiger charge is -2.14. The normalized spacial score (nSPS) is 11.0. The monoisotopic (exact) mass is 332 g/mol. The first-order valence-corrected chi connectivity index (χ1v) is 8.47. The first-order valence-electron chi connectivity index (χ1n) is 7.65. The van der Waals surface area contributed by atoms with Crippen molar-refractivity contribution in [3.63, 3.8) is 0 Å². The number of hydrogen-bond acceptors (Lipinski definition) is 5. The van der Waals surface area contributed by atoms with Crippen LogP contribution in [0.5, 0.6) is 0 Å². The lowest BCUT2D eigenvalue weighted by Crippen LogP contribution is -2.12. The molecule has 1 aromatic carbocycles. The Bertz CT molecular complexity index is 720. The number of nitrogens with zero attached hydrogens (tertiary/aromatic N) is 1. The molecule has 0 saturated heterocycles. The van der Waals surface area contributed by atoms with E-state index in [0.717, 1.165) is 28.1 Å². The van der Waals surface area contributed by atoms with E-state index in [2.05, 4.69) is 36.9 Å². The summed E-state index contributed by atoms with van der Waals surface area (Å²) in [5, 5.41) is 0.523. The van der Waals surface area contributed by atoms with Gasteiger partial charge in [0, 0.05) is 17.0 Å². The van der Waals surface area contributed by atoms with Crippen molar-refractivity contribution >= 4 is 22.3 Å². The van der Waals surface area contributed by atoms with Gasteiger partial charge in [0.1, 0.15) is 10.6 Å². The van der Waals surface area contributed by atoms with Crippen molar-refractivity contribution in [1.29, 1.82) is 0 Å². The highest BCUT2D eigenvalue weighted by Gasteiger charge is 2.25. The third-order valence-electron chi connectivity index (χ3n) is 3.60. The third kappa shape index (κ3) is 3.74. The van der Waals surface area contributed by atoms with Crippen molar-refractivity contribution in [3.8, 4) is 11.1 Å². The largest absolute Gasteiger partial charge is 0.462 e. The Morgan fingerprint density at radius 3 is 2.57 bits per heavy atom. The lowest BCUT2D eigenvalue weighted by molar-refractivity contribution is 0.0529. The van der Waals surface area contributed by atoms with E-state index in [0.29, 0.717) is 17.2 Å². The molecule has 124 valence electrons. The van der Waals surface area contributed by atoms with E-state index in [9.17, 15) is 4.79 Å². The van der Waals surface area contributed by atoms with Gasteiger partial charge in [-0.25, -0.2) is 4.79 Å². The molecule has 0 spiro atoms. The first kappa shape index (κ1) is 17.5. The molecule has 2 N–H and O–H groups in total. The van der Waals surface area contributed by atoms with Gasteiger partial charge in [-0.15, -0.1) is 11.3 Å². The van der Waals surface area contributed by atoms with Crippen molar-refractivity contribution in [3.05, 3.63) is 39.8 Å². The molecule has 0 unspecified atom stereocenters. The van der Waals surface area contributed by atoms with E-state index in [1.54, 1.807) is 6.92 Å². The molecule has 0 aliphatic rings. The minimum Gasteiger partial charge on any atom is -0.462 e. The number of hydrogen-bond donors (Lipinski definition) is 1. The second kappa shape index (κ2) is 7.15.